The molecule has 1 aromatic heterocycles. The number of aromatic nitrogens is 1. The summed E-state index contributed by atoms with van der Waals surface area (Å²) in [6.07, 6.45) is 5.77. The molecule has 0 aromatic carbocycles. The lowest BCUT2D eigenvalue weighted by atomic mass is 9.73. The first kappa shape index (κ1) is 18.3. The summed E-state index contributed by atoms with van der Waals surface area (Å²) < 4.78 is 5.41. The molecule has 3 rings (SSSR count). The zero-order valence-electron chi connectivity index (χ0n) is 14.9. The summed E-state index contributed by atoms with van der Waals surface area (Å²) in [5.41, 5.74) is 1.16. The Hall–Kier alpha value is -1.50. The van der Waals surface area contributed by atoms with Gasteiger partial charge in [-0.05, 0) is 37.9 Å². The SMILES string of the molecule is O=C1CC[C@@]2(CCCN(CCOCCO)C2)CN1Cc1ccccn1. The Labute approximate surface area is 149 Å². The fraction of sp³-hybridized carbons (Fsp3) is 0.684. The van der Waals surface area contributed by atoms with Crippen LogP contribution in [-0.4, -0.2) is 71.8 Å². The summed E-state index contributed by atoms with van der Waals surface area (Å²) in [5, 5.41) is 8.80. The summed E-state index contributed by atoms with van der Waals surface area (Å²) in [5.74, 6) is 0.250. The molecule has 6 nitrogen and oxygen atoms in total. The van der Waals surface area contributed by atoms with E-state index in [-0.39, 0.29) is 17.9 Å². The molecule has 1 N–H and O–H groups in total. The van der Waals surface area contributed by atoms with Gasteiger partial charge in [-0.25, -0.2) is 0 Å². The normalized spacial score (nSPS) is 24.8. The van der Waals surface area contributed by atoms with E-state index in [1.54, 1.807) is 6.20 Å². The quantitative estimate of drug-likeness (QED) is 0.753. The van der Waals surface area contributed by atoms with E-state index in [2.05, 4.69) is 9.88 Å². The molecule has 2 fully saturated rings. The highest BCUT2D eigenvalue weighted by Gasteiger charge is 2.41. The zero-order valence-corrected chi connectivity index (χ0v) is 14.9. The lowest BCUT2D eigenvalue weighted by Crippen LogP contribution is -2.54. The molecular formula is C19H29N3O3. The molecule has 1 aromatic rings. The smallest absolute Gasteiger partial charge is 0.222 e. The van der Waals surface area contributed by atoms with Crippen molar-refractivity contribution in [1.29, 1.82) is 0 Å². The van der Waals surface area contributed by atoms with Crippen LogP contribution in [0.5, 0.6) is 0 Å². The summed E-state index contributed by atoms with van der Waals surface area (Å²) in [7, 11) is 0. The van der Waals surface area contributed by atoms with Crippen LogP contribution in [0.2, 0.25) is 0 Å². The molecule has 1 atom stereocenters. The average Bonchev–Trinajstić information content (AvgIpc) is 2.63. The summed E-state index contributed by atoms with van der Waals surface area (Å²) in [6, 6.07) is 5.86. The van der Waals surface area contributed by atoms with Gasteiger partial charge in [-0.3, -0.25) is 9.78 Å². The van der Waals surface area contributed by atoms with Crippen LogP contribution in [-0.2, 0) is 16.1 Å². The minimum Gasteiger partial charge on any atom is -0.394 e. The van der Waals surface area contributed by atoms with E-state index in [0.29, 0.717) is 26.2 Å². The van der Waals surface area contributed by atoms with Gasteiger partial charge in [0.25, 0.3) is 0 Å². The number of nitrogens with zero attached hydrogens (tertiary/aromatic N) is 3. The lowest BCUT2D eigenvalue weighted by molar-refractivity contribution is -0.140. The molecule has 138 valence electrons. The van der Waals surface area contributed by atoms with Gasteiger partial charge in [-0.2, -0.15) is 0 Å². The van der Waals surface area contributed by atoms with Crippen LogP contribution >= 0.6 is 0 Å². The van der Waals surface area contributed by atoms with Crippen LogP contribution in [0.1, 0.15) is 31.4 Å². The fourth-order valence-electron chi connectivity index (χ4n) is 4.13. The Morgan fingerprint density at radius 2 is 2.16 bits per heavy atom. The Morgan fingerprint density at radius 1 is 1.24 bits per heavy atom. The Balaban J connectivity index is 1.57. The maximum absolute atomic E-state index is 12.4. The first-order valence-corrected chi connectivity index (χ1v) is 9.29. The minimum absolute atomic E-state index is 0.0779. The molecule has 0 bridgehead atoms. The number of amides is 1. The molecule has 2 aliphatic rings. The zero-order chi connectivity index (χ0) is 17.5. The number of aliphatic hydroxyl groups excluding tert-OH is 1. The van der Waals surface area contributed by atoms with Gasteiger partial charge in [0, 0.05) is 37.7 Å². The van der Waals surface area contributed by atoms with Crippen LogP contribution in [0.25, 0.3) is 0 Å². The largest absolute Gasteiger partial charge is 0.394 e. The van der Waals surface area contributed by atoms with Crippen LogP contribution in [0.15, 0.2) is 24.4 Å². The maximum atomic E-state index is 12.4. The highest BCUT2D eigenvalue weighted by atomic mass is 16.5. The van der Waals surface area contributed by atoms with Crippen LogP contribution in [0.3, 0.4) is 0 Å². The van der Waals surface area contributed by atoms with Gasteiger partial charge in [-0.1, -0.05) is 6.07 Å². The summed E-state index contributed by atoms with van der Waals surface area (Å²) in [6.45, 7) is 5.61. The van der Waals surface area contributed by atoms with E-state index in [9.17, 15) is 4.79 Å². The van der Waals surface area contributed by atoms with Crippen molar-refractivity contribution in [3.63, 3.8) is 0 Å². The number of aliphatic hydroxyl groups is 1. The molecular weight excluding hydrogens is 318 g/mol. The monoisotopic (exact) mass is 347 g/mol. The number of hydrogen-bond acceptors (Lipinski definition) is 5. The van der Waals surface area contributed by atoms with Crippen molar-refractivity contribution in [2.45, 2.75) is 32.2 Å². The number of carbonyl (C=O) groups is 1. The molecule has 2 saturated heterocycles. The van der Waals surface area contributed by atoms with Gasteiger partial charge < -0.3 is 19.6 Å². The molecule has 1 spiro atoms. The number of rotatable bonds is 7. The third kappa shape index (κ3) is 5.00. The number of carbonyl (C=O) groups excluding carboxylic acids is 1. The highest BCUT2D eigenvalue weighted by molar-refractivity contribution is 5.77. The van der Waals surface area contributed by atoms with Crippen molar-refractivity contribution in [2.24, 2.45) is 5.41 Å². The number of piperidine rings is 2. The topological polar surface area (TPSA) is 65.9 Å². The molecule has 0 saturated carbocycles. The Bertz CT molecular complexity index is 554. The second-order valence-electron chi connectivity index (χ2n) is 7.29. The Kier molecular flexibility index (Phi) is 6.39. The predicted molar refractivity (Wildman–Crippen MR) is 94.9 cm³/mol. The van der Waals surface area contributed by atoms with Gasteiger partial charge >= 0.3 is 0 Å². The van der Waals surface area contributed by atoms with E-state index in [1.165, 1.54) is 12.8 Å². The number of likely N-dealkylation sites (tertiary alicyclic amines) is 2. The summed E-state index contributed by atoms with van der Waals surface area (Å²) >= 11 is 0. The van der Waals surface area contributed by atoms with Gasteiger partial charge in [0.15, 0.2) is 0 Å². The van der Waals surface area contributed by atoms with Crippen LogP contribution in [0.4, 0.5) is 0 Å². The van der Waals surface area contributed by atoms with Crippen LogP contribution in [0, 0.1) is 5.41 Å². The average molecular weight is 347 g/mol. The standard InChI is InChI=1S/C19H29N3O3/c23-11-13-25-12-10-21-9-3-6-19(15-21)7-5-18(24)22(16-19)14-17-4-1-2-8-20-17/h1-2,4,8,23H,3,5-7,9-16H2/t19-/m1/s1. The molecule has 1 amide bonds. The van der Waals surface area contributed by atoms with Gasteiger partial charge in [-0.15, -0.1) is 0 Å². The third-order valence-electron chi connectivity index (χ3n) is 5.36. The first-order chi connectivity index (χ1) is 12.2. The maximum Gasteiger partial charge on any atom is 0.222 e. The highest BCUT2D eigenvalue weighted by Crippen LogP contribution is 2.39. The lowest BCUT2D eigenvalue weighted by Gasteiger charge is -2.48. The molecule has 3 heterocycles. The predicted octanol–water partition coefficient (Wildman–Crippen LogP) is 1.30. The minimum atomic E-state index is 0.0779. The second-order valence-corrected chi connectivity index (χ2v) is 7.29. The molecule has 2 aliphatic heterocycles. The fourth-order valence-corrected chi connectivity index (χ4v) is 4.13. The first-order valence-electron chi connectivity index (χ1n) is 9.29. The van der Waals surface area contributed by atoms with Crippen molar-refractivity contribution in [3.05, 3.63) is 30.1 Å². The second kappa shape index (κ2) is 8.74. The van der Waals surface area contributed by atoms with Crippen molar-refractivity contribution in [1.82, 2.24) is 14.8 Å². The van der Waals surface area contributed by atoms with Crippen molar-refractivity contribution < 1.29 is 14.6 Å². The van der Waals surface area contributed by atoms with Gasteiger partial charge in [0.05, 0.1) is 32.1 Å². The molecule has 0 aliphatic carbocycles. The van der Waals surface area contributed by atoms with Gasteiger partial charge in [0.1, 0.15) is 0 Å². The molecule has 6 heteroatoms. The molecule has 0 radical (unpaired) electrons. The van der Waals surface area contributed by atoms with Crippen molar-refractivity contribution in [3.8, 4) is 0 Å². The van der Waals surface area contributed by atoms with Gasteiger partial charge in [0.2, 0.25) is 5.91 Å². The van der Waals surface area contributed by atoms with Crippen molar-refractivity contribution in [2.75, 3.05) is 46.0 Å². The van der Waals surface area contributed by atoms with E-state index in [0.717, 1.165) is 38.3 Å². The van der Waals surface area contributed by atoms with E-state index in [4.69, 9.17) is 9.84 Å². The number of hydrogen-bond donors (Lipinski definition) is 1. The van der Waals surface area contributed by atoms with E-state index < -0.39 is 0 Å². The number of pyridine rings is 1. The van der Waals surface area contributed by atoms with E-state index in [1.807, 2.05) is 23.1 Å². The number of ether oxygens (including phenoxy) is 1. The summed E-state index contributed by atoms with van der Waals surface area (Å²) in [4.78, 5) is 21.2. The van der Waals surface area contributed by atoms with Crippen molar-refractivity contribution >= 4 is 5.91 Å². The van der Waals surface area contributed by atoms with Crippen LogP contribution < -0.4 is 0 Å². The Morgan fingerprint density at radius 3 is 2.96 bits per heavy atom. The molecule has 0 unspecified atom stereocenters. The molecule has 25 heavy (non-hydrogen) atoms. The van der Waals surface area contributed by atoms with E-state index >= 15 is 0 Å². The third-order valence-corrected chi connectivity index (χ3v) is 5.36.